The summed E-state index contributed by atoms with van der Waals surface area (Å²) in [5.41, 5.74) is 7.00. The maximum absolute atomic E-state index is 13.1. The molecule has 2 aromatic rings. The van der Waals surface area contributed by atoms with Crippen molar-refractivity contribution >= 4 is 15.9 Å². The molecule has 0 spiro atoms. The highest BCUT2D eigenvalue weighted by Crippen LogP contribution is 2.34. The number of nitrogens with two attached hydrogens (primary N) is 1. The topological polar surface area (TPSA) is 46.2 Å². The molecule has 0 aliphatic heterocycles. The molecule has 0 aromatic heterocycles. The maximum Gasteiger partial charge on any atom is 0.124 e. The molecule has 5 heteroatoms. The van der Waals surface area contributed by atoms with Crippen molar-refractivity contribution in [2.24, 2.45) is 5.73 Å². The van der Waals surface area contributed by atoms with Crippen LogP contribution >= 0.6 is 15.9 Å². The number of aliphatic hydroxyl groups is 1. The molecule has 0 bridgehead atoms. The summed E-state index contributed by atoms with van der Waals surface area (Å²) in [6, 6.07) is 9.91. The zero-order chi connectivity index (χ0) is 14.7. The van der Waals surface area contributed by atoms with Crippen molar-refractivity contribution in [3.05, 3.63) is 69.7 Å². The Bertz CT molecular complexity index is 589. The van der Waals surface area contributed by atoms with Gasteiger partial charge in [0.2, 0.25) is 0 Å². The largest absolute Gasteiger partial charge is 0.388 e. The van der Waals surface area contributed by atoms with Gasteiger partial charge in [-0.2, -0.15) is 0 Å². The van der Waals surface area contributed by atoms with Crippen LogP contribution in [0.15, 0.2) is 46.9 Å². The molecule has 0 aliphatic carbocycles. The van der Waals surface area contributed by atoms with Crippen LogP contribution in [0.2, 0.25) is 0 Å². The molecule has 2 unspecified atom stereocenters. The molecule has 0 saturated heterocycles. The standard InChI is InChI=1S/C15H14BrF2NO/c16-14-7-11(18)5-6-12(14)15(20)13(8-19)9-1-3-10(17)4-2-9/h1-7,13,15,20H,8,19H2. The normalized spacial score (nSPS) is 14.1. The molecule has 106 valence electrons. The van der Waals surface area contributed by atoms with Crippen molar-refractivity contribution in [2.75, 3.05) is 6.54 Å². The second kappa shape index (κ2) is 6.43. The van der Waals surface area contributed by atoms with E-state index in [1.54, 1.807) is 12.1 Å². The minimum atomic E-state index is -0.902. The lowest BCUT2D eigenvalue weighted by Crippen LogP contribution is -2.20. The van der Waals surface area contributed by atoms with Gasteiger partial charge in [0.25, 0.3) is 0 Å². The fourth-order valence-corrected chi connectivity index (χ4v) is 2.70. The third-order valence-corrected chi connectivity index (χ3v) is 3.90. The summed E-state index contributed by atoms with van der Waals surface area (Å²) >= 11 is 3.23. The van der Waals surface area contributed by atoms with Gasteiger partial charge < -0.3 is 10.8 Å². The molecule has 0 saturated carbocycles. The number of hydrogen-bond acceptors (Lipinski definition) is 2. The monoisotopic (exact) mass is 341 g/mol. The molecule has 2 atom stereocenters. The number of aliphatic hydroxyl groups excluding tert-OH is 1. The lowest BCUT2D eigenvalue weighted by Gasteiger charge is -2.23. The van der Waals surface area contributed by atoms with Crippen molar-refractivity contribution in [3.8, 4) is 0 Å². The van der Waals surface area contributed by atoms with Crippen LogP contribution in [0.3, 0.4) is 0 Å². The summed E-state index contributed by atoms with van der Waals surface area (Å²) in [4.78, 5) is 0. The first-order valence-electron chi connectivity index (χ1n) is 6.11. The first kappa shape index (κ1) is 15.1. The predicted molar refractivity (Wildman–Crippen MR) is 77.3 cm³/mol. The number of benzene rings is 2. The van der Waals surface area contributed by atoms with Gasteiger partial charge in [0.05, 0.1) is 6.10 Å². The van der Waals surface area contributed by atoms with Gasteiger partial charge in [0, 0.05) is 16.9 Å². The summed E-state index contributed by atoms with van der Waals surface area (Å²) in [5.74, 6) is -1.13. The van der Waals surface area contributed by atoms with E-state index in [2.05, 4.69) is 15.9 Å². The molecule has 3 N–H and O–H groups in total. The summed E-state index contributed by atoms with van der Waals surface area (Å²) in [5, 5.41) is 10.4. The van der Waals surface area contributed by atoms with Gasteiger partial charge >= 0.3 is 0 Å². The third-order valence-electron chi connectivity index (χ3n) is 3.21. The second-order valence-electron chi connectivity index (χ2n) is 4.50. The highest BCUT2D eigenvalue weighted by atomic mass is 79.9. The van der Waals surface area contributed by atoms with Crippen LogP contribution in [-0.2, 0) is 0 Å². The molecule has 0 radical (unpaired) electrons. The summed E-state index contributed by atoms with van der Waals surface area (Å²) < 4.78 is 26.5. The van der Waals surface area contributed by atoms with E-state index in [4.69, 9.17) is 5.73 Å². The summed E-state index contributed by atoms with van der Waals surface area (Å²) in [7, 11) is 0. The maximum atomic E-state index is 13.1. The van der Waals surface area contributed by atoms with Crippen LogP contribution in [0.1, 0.15) is 23.1 Å². The fraction of sp³-hybridized carbons (Fsp3) is 0.200. The van der Waals surface area contributed by atoms with Crippen molar-refractivity contribution in [1.29, 1.82) is 0 Å². The minimum Gasteiger partial charge on any atom is -0.388 e. The molecule has 0 amide bonds. The van der Waals surface area contributed by atoms with Gasteiger partial charge in [-0.25, -0.2) is 8.78 Å². The quantitative estimate of drug-likeness (QED) is 0.893. The third kappa shape index (κ3) is 3.23. The van der Waals surface area contributed by atoms with Gasteiger partial charge in [-0.05, 0) is 35.4 Å². The van der Waals surface area contributed by atoms with E-state index >= 15 is 0 Å². The first-order chi connectivity index (χ1) is 9.52. The Kier molecular flexibility index (Phi) is 4.86. The van der Waals surface area contributed by atoms with Crippen LogP contribution in [0.4, 0.5) is 8.78 Å². The molecule has 2 rings (SSSR count). The van der Waals surface area contributed by atoms with Gasteiger partial charge in [-0.1, -0.05) is 34.1 Å². The molecular formula is C15H14BrF2NO. The van der Waals surface area contributed by atoms with Gasteiger partial charge in [0.1, 0.15) is 11.6 Å². The number of hydrogen-bond donors (Lipinski definition) is 2. The number of rotatable bonds is 4. The Labute approximate surface area is 124 Å². The van der Waals surface area contributed by atoms with Gasteiger partial charge in [0.15, 0.2) is 0 Å². The van der Waals surface area contributed by atoms with Crippen molar-refractivity contribution in [1.82, 2.24) is 0 Å². The minimum absolute atomic E-state index is 0.191. The Balaban J connectivity index is 2.33. The van der Waals surface area contributed by atoms with Gasteiger partial charge in [-0.15, -0.1) is 0 Å². The van der Waals surface area contributed by atoms with Crippen LogP contribution < -0.4 is 5.73 Å². The summed E-state index contributed by atoms with van der Waals surface area (Å²) in [6.07, 6.45) is -0.902. The SMILES string of the molecule is NCC(c1ccc(F)cc1)C(O)c1ccc(F)cc1Br. The Morgan fingerprint density at radius 1 is 1.05 bits per heavy atom. The highest BCUT2D eigenvalue weighted by Gasteiger charge is 2.23. The van der Waals surface area contributed by atoms with E-state index in [0.29, 0.717) is 10.0 Å². The van der Waals surface area contributed by atoms with Crippen molar-refractivity contribution in [2.45, 2.75) is 12.0 Å². The van der Waals surface area contributed by atoms with E-state index in [0.717, 1.165) is 5.56 Å². The Morgan fingerprint density at radius 3 is 2.20 bits per heavy atom. The van der Waals surface area contributed by atoms with E-state index in [1.807, 2.05) is 0 Å². The van der Waals surface area contributed by atoms with E-state index in [9.17, 15) is 13.9 Å². The van der Waals surface area contributed by atoms with Crippen LogP contribution in [-0.4, -0.2) is 11.7 Å². The Morgan fingerprint density at radius 2 is 1.65 bits per heavy atom. The van der Waals surface area contributed by atoms with Gasteiger partial charge in [-0.3, -0.25) is 0 Å². The fourth-order valence-electron chi connectivity index (χ4n) is 2.12. The molecule has 2 aromatic carbocycles. The smallest absolute Gasteiger partial charge is 0.124 e. The molecule has 0 aliphatic rings. The molecule has 20 heavy (non-hydrogen) atoms. The summed E-state index contributed by atoms with van der Waals surface area (Å²) in [6.45, 7) is 0.191. The second-order valence-corrected chi connectivity index (χ2v) is 5.36. The van der Waals surface area contributed by atoms with Crippen LogP contribution in [0.25, 0.3) is 0 Å². The number of halogens is 3. The van der Waals surface area contributed by atoms with Crippen molar-refractivity contribution in [3.63, 3.8) is 0 Å². The zero-order valence-corrected chi connectivity index (χ0v) is 12.1. The van der Waals surface area contributed by atoms with E-state index in [-0.39, 0.29) is 18.2 Å². The molecule has 0 heterocycles. The lowest BCUT2D eigenvalue weighted by atomic mass is 9.89. The first-order valence-corrected chi connectivity index (χ1v) is 6.90. The molecule has 0 fully saturated rings. The van der Waals surface area contributed by atoms with Crippen molar-refractivity contribution < 1.29 is 13.9 Å². The van der Waals surface area contributed by atoms with E-state index in [1.165, 1.54) is 30.3 Å². The molecular weight excluding hydrogens is 328 g/mol. The lowest BCUT2D eigenvalue weighted by molar-refractivity contribution is 0.146. The van der Waals surface area contributed by atoms with Crippen LogP contribution in [0, 0.1) is 11.6 Å². The zero-order valence-electron chi connectivity index (χ0n) is 10.6. The van der Waals surface area contributed by atoms with Crippen LogP contribution in [0.5, 0.6) is 0 Å². The average Bonchev–Trinajstić information content (AvgIpc) is 2.41. The highest BCUT2D eigenvalue weighted by molar-refractivity contribution is 9.10. The Hall–Kier alpha value is -1.30. The van der Waals surface area contributed by atoms with E-state index < -0.39 is 12.0 Å². The predicted octanol–water partition coefficient (Wildman–Crippen LogP) is 3.50. The molecule has 2 nitrogen and oxygen atoms in total. The average molecular weight is 342 g/mol.